The second kappa shape index (κ2) is 7.21. The molecule has 1 unspecified atom stereocenters. The second-order valence-electron chi connectivity index (χ2n) is 4.36. The number of benzene rings is 1. The molecule has 0 spiro atoms. The SMILES string of the molecule is CNC(CSc1ccccc1Cl)CC(C)C. The van der Waals surface area contributed by atoms with E-state index in [2.05, 4.69) is 25.2 Å². The monoisotopic (exact) mass is 257 g/mol. The molecule has 16 heavy (non-hydrogen) atoms. The summed E-state index contributed by atoms with van der Waals surface area (Å²) in [4.78, 5) is 1.17. The predicted molar refractivity (Wildman–Crippen MR) is 74.5 cm³/mol. The van der Waals surface area contributed by atoms with Crippen LogP contribution in [-0.2, 0) is 0 Å². The molecule has 0 amide bonds. The van der Waals surface area contributed by atoms with Crippen molar-refractivity contribution in [3.05, 3.63) is 29.3 Å². The second-order valence-corrected chi connectivity index (χ2v) is 5.83. The molecule has 0 radical (unpaired) electrons. The van der Waals surface area contributed by atoms with Crippen molar-refractivity contribution in [2.75, 3.05) is 12.8 Å². The highest BCUT2D eigenvalue weighted by atomic mass is 35.5. The predicted octanol–water partition coefficient (Wildman–Crippen LogP) is 4.07. The fourth-order valence-electron chi connectivity index (χ4n) is 1.59. The lowest BCUT2D eigenvalue weighted by Gasteiger charge is -2.18. The Morgan fingerprint density at radius 2 is 2.00 bits per heavy atom. The zero-order chi connectivity index (χ0) is 12.0. The molecule has 0 aliphatic heterocycles. The quantitative estimate of drug-likeness (QED) is 0.772. The van der Waals surface area contributed by atoms with Gasteiger partial charge in [-0.05, 0) is 31.5 Å². The first-order chi connectivity index (χ1) is 7.63. The molecule has 0 aliphatic rings. The molecule has 0 aliphatic carbocycles. The van der Waals surface area contributed by atoms with E-state index in [9.17, 15) is 0 Å². The van der Waals surface area contributed by atoms with Gasteiger partial charge in [-0.1, -0.05) is 37.6 Å². The normalized spacial score (nSPS) is 13.1. The Kier molecular flexibility index (Phi) is 6.25. The van der Waals surface area contributed by atoms with Gasteiger partial charge in [-0.25, -0.2) is 0 Å². The van der Waals surface area contributed by atoms with Gasteiger partial charge in [-0.15, -0.1) is 11.8 Å². The summed E-state index contributed by atoms with van der Waals surface area (Å²) in [6.07, 6.45) is 1.20. The minimum atomic E-state index is 0.557. The first kappa shape index (κ1) is 13.9. The lowest BCUT2D eigenvalue weighted by atomic mass is 10.1. The fraction of sp³-hybridized carbons (Fsp3) is 0.538. The smallest absolute Gasteiger partial charge is 0.0541 e. The standard InChI is InChI=1S/C13H20ClNS/c1-10(2)8-11(15-3)9-16-13-7-5-4-6-12(13)14/h4-7,10-11,15H,8-9H2,1-3H3. The van der Waals surface area contributed by atoms with Crippen LogP contribution >= 0.6 is 23.4 Å². The summed E-state index contributed by atoms with van der Waals surface area (Å²) in [5, 5.41) is 4.21. The van der Waals surface area contributed by atoms with Gasteiger partial charge in [-0.3, -0.25) is 0 Å². The summed E-state index contributed by atoms with van der Waals surface area (Å²) in [7, 11) is 2.03. The molecule has 0 heterocycles. The van der Waals surface area contributed by atoms with Gasteiger partial charge in [0, 0.05) is 16.7 Å². The third-order valence-electron chi connectivity index (χ3n) is 2.44. The molecule has 3 heteroatoms. The van der Waals surface area contributed by atoms with Crippen LogP contribution < -0.4 is 5.32 Å². The van der Waals surface area contributed by atoms with Crippen LogP contribution in [0.15, 0.2) is 29.2 Å². The average Bonchev–Trinajstić information content (AvgIpc) is 2.25. The maximum absolute atomic E-state index is 6.12. The molecule has 0 fully saturated rings. The van der Waals surface area contributed by atoms with Gasteiger partial charge >= 0.3 is 0 Å². The molecule has 1 aromatic rings. The van der Waals surface area contributed by atoms with Crippen LogP contribution in [0.25, 0.3) is 0 Å². The minimum Gasteiger partial charge on any atom is -0.316 e. The molecule has 0 bridgehead atoms. The van der Waals surface area contributed by atoms with Crippen LogP contribution in [0.2, 0.25) is 5.02 Å². The van der Waals surface area contributed by atoms with Gasteiger partial charge in [-0.2, -0.15) is 0 Å². The Hall–Kier alpha value is -0.180. The summed E-state index contributed by atoms with van der Waals surface area (Å²) in [6, 6.07) is 8.58. The molecule has 0 saturated heterocycles. The Labute approximate surface area is 108 Å². The topological polar surface area (TPSA) is 12.0 Å². The number of halogens is 1. The van der Waals surface area contributed by atoms with Gasteiger partial charge in [0.15, 0.2) is 0 Å². The van der Waals surface area contributed by atoms with Gasteiger partial charge in [0.2, 0.25) is 0 Å². The minimum absolute atomic E-state index is 0.557. The van der Waals surface area contributed by atoms with Crippen LogP contribution in [0.4, 0.5) is 0 Å². The zero-order valence-electron chi connectivity index (χ0n) is 10.2. The molecule has 1 atom stereocenters. The Morgan fingerprint density at radius 3 is 2.56 bits per heavy atom. The number of nitrogens with one attached hydrogen (secondary N) is 1. The maximum Gasteiger partial charge on any atom is 0.0541 e. The molecule has 0 aromatic heterocycles. The number of hydrogen-bond donors (Lipinski definition) is 1. The first-order valence-corrected chi connectivity index (χ1v) is 7.04. The molecular formula is C13H20ClNS. The van der Waals surface area contributed by atoms with Crippen molar-refractivity contribution in [3.63, 3.8) is 0 Å². The molecule has 1 aromatic carbocycles. The fourth-order valence-corrected chi connectivity index (χ4v) is 2.95. The van der Waals surface area contributed by atoms with E-state index in [-0.39, 0.29) is 0 Å². The van der Waals surface area contributed by atoms with Crippen molar-refractivity contribution >= 4 is 23.4 Å². The highest BCUT2D eigenvalue weighted by molar-refractivity contribution is 7.99. The molecule has 1 rings (SSSR count). The van der Waals surface area contributed by atoms with E-state index < -0.39 is 0 Å². The number of hydrogen-bond acceptors (Lipinski definition) is 2. The van der Waals surface area contributed by atoms with Crippen molar-refractivity contribution < 1.29 is 0 Å². The van der Waals surface area contributed by atoms with E-state index in [1.807, 2.05) is 37.0 Å². The summed E-state index contributed by atoms with van der Waals surface area (Å²) in [6.45, 7) is 4.51. The average molecular weight is 258 g/mol. The summed E-state index contributed by atoms with van der Waals surface area (Å²) < 4.78 is 0. The maximum atomic E-state index is 6.12. The molecular weight excluding hydrogens is 238 g/mol. The number of rotatable bonds is 6. The molecule has 1 N–H and O–H groups in total. The third kappa shape index (κ3) is 4.77. The highest BCUT2D eigenvalue weighted by Crippen LogP contribution is 2.27. The third-order valence-corrected chi connectivity index (χ3v) is 4.12. The van der Waals surface area contributed by atoms with E-state index in [1.54, 1.807) is 0 Å². The van der Waals surface area contributed by atoms with Crippen LogP contribution in [0.1, 0.15) is 20.3 Å². The van der Waals surface area contributed by atoms with Crippen LogP contribution in [-0.4, -0.2) is 18.8 Å². The van der Waals surface area contributed by atoms with Crippen LogP contribution in [0.3, 0.4) is 0 Å². The van der Waals surface area contributed by atoms with Gasteiger partial charge in [0.25, 0.3) is 0 Å². The Bertz CT molecular complexity index is 315. The number of thioether (sulfide) groups is 1. The van der Waals surface area contributed by atoms with Crippen molar-refractivity contribution in [1.29, 1.82) is 0 Å². The van der Waals surface area contributed by atoms with Crippen molar-refractivity contribution in [2.24, 2.45) is 5.92 Å². The van der Waals surface area contributed by atoms with Crippen molar-refractivity contribution in [2.45, 2.75) is 31.2 Å². The van der Waals surface area contributed by atoms with Gasteiger partial charge in [0.05, 0.1) is 5.02 Å². The van der Waals surface area contributed by atoms with Gasteiger partial charge in [0.1, 0.15) is 0 Å². The zero-order valence-corrected chi connectivity index (χ0v) is 11.7. The largest absolute Gasteiger partial charge is 0.316 e. The first-order valence-electron chi connectivity index (χ1n) is 5.68. The van der Waals surface area contributed by atoms with Gasteiger partial charge < -0.3 is 5.32 Å². The van der Waals surface area contributed by atoms with E-state index in [0.717, 1.165) is 16.7 Å². The lowest BCUT2D eigenvalue weighted by molar-refractivity contribution is 0.474. The van der Waals surface area contributed by atoms with Crippen LogP contribution in [0.5, 0.6) is 0 Å². The summed E-state index contributed by atoms with van der Waals surface area (Å²) >= 11 is 7.94. The van der Waals surface area contributed by atoms with E-state index in [4.69, 9.17) is 11.6 Å². The van der Waals surface area contributed by atoms with Crippen LogP contribution in [0, 0.1) is 5.92 Å². The van der Waals surface area contributed by atoms with E-state index in [1.165, 1.54) is 11.3 Å². The molecule has 90 valence electrons. The lowest BCUT2D eigenvalue weighted by Crippen LogP contribution is -2.29. The van der Waals surface area contributed by atoms with Crippen molar-refractivity contribution in [1.82, 2.24) is 5.32 Å². The summed E-state index contributed by atoms with van der Waals surface area (Å²) in [5.74, 6) is 1.79. The van der Waals surface area contributed by atoms with Crippen molar-refractivity contribution in [3.8, 4) is 0 Å². The Balaban J connectivity index is 2.46. The highest BCUT2D eigenvalue weighted by Gasteiger charge is 2.09. The Morgan fingerprint density at radius 1 is 1.31 bits per heavy atom. The summed E-state index contributed by atoms with van der Waals surface area (Å²) in [5.41, 5.74) is 0. The molecule has 1 nitrogen and oxygen atoms in total. The molecule has 0 saturated carbocycles. The van der Waals surface area contributed by atoms with E-state index >= 15 is 0 Å². The van der Waals surface area contributed by atoms with E-state index in [0.29, 0.717) is 6.04 Å².